The highest BCUT2D eigenvalue weighted by atomic mass is 79.9. The van der Waals surface area contributed by atoms with E-state index in [1.807, 2.05) is 36.4 Å². The van der Waals surface area contributed by atoms with Gasteiger partial charge in [-0.3, -0.25) is 0 Å². The SMILES string of the molecule is Brc1ccc(Oc2cccc(Br)c2Br)cc1Br. The van der Waals surface area contributed by atoms with Crippen LogP contribution in [0.1, 0.15) is 0 Å². The Bertz CT molecular complexity index is 554. The van der Waals surface area contributed by atoms with Crippen LogP contribution in [0.4, 0.5) is 0 Å². The fourth-order valence-corrected chi connectivity index (χ4v) is 2.53. The molecule has 0 bridgehead atoms. The van der Waals surface area contributed by atoms with E-state index in [-0.39, 0.29) is 0 Å². The van der Waals surface area contributed by atoms with Gasteiger partial charge in [0.15, 0.2) is 0 Å². The van der Waals surface area contributed by atoms with Crippen LogP contribution in [-0.4, -0.2) is 0 Å². The fraction of sp³-hybridized carbons (Fsp3) is 0. The molecular formula is C12H6Br4O. The largest absolute Gasteiger partial charge is 0.456 e. The summed E-state index contributed by atoms with van der Waals surface area (Å²) in [6.45, 7) is 0. The third kappa shape index (κ3) is 3.34. The summed E-state index contributed by atoms with van der Waals surface area (Å²) in [5, 5.41) is 0. The van der Waals surface area contributed by atoms with Crippen molar-refractivity contribution in [2.45, 2.75) is 0 Å². The number of ether oxygens (including phenoxy) is 1. The number of hydrogen-bond donors (Lipinski definition) is 0. The van der Waals surface area contributed by atoms with Gasteiger partial charge in [-0.2, -0.15) is 0 Å². The molecule has 0 saturated heterocycles. The minimum absolute atomic E-state index is 0.772. The van der Waals surface area contributed by atoms with Crippen LogP contribution in [0, 0.1) is 0 Å². The normalized spacial score (nSPS) is 10.4. The fourth-order valence-electron chi connectivity index (χ4n) is 1.23. The minimum atomic E-state index is 0.772. The van der Waals surface area contributed by atoms with E-state index in [1.165, 1.54) is 0 Å². The number of benzene rings is 2. The maximum absolute atomic E-state index is 5.80. The lowest BCUT2D eigenvalue weighted by Crippen LogP contribution is -1.86. The molecule has 0 amide bonds. The van der Waals surface area contributed by atoms with Crippen LogP contribution in [0.3, 0.4) is 0 Å². The Labute approximate surface area is 133 Å². The molecule has 0 saturated carbocycles. The molecule has 0 atom stereocenters. The van der Waals surface area contributed by atoms with Crippen LogP contribution in [0.25, 0.3) is 0 Å². The molecule has 5 heteroatoms. The van der Waals surface area contributed by atoms with Crippen molar-refractivity contribution in [2.24, 2.45) is 0 Å². The molecule has 0 aromatic heterocycles. The second-order valence-corrected chi connectivity index (χ2v) is 6.59. The average Bonchev–Trinajstić information content (AvgIpc) is 2.30. The highest BCUT2D eigenvalue weighted by molar-refractivity contribution is 9.13. The van der Waals surface area contributed by atoms with Gasteiger partial charge >= 0.3 is 0 Å². The van der Waals surface area contributed by atoms with Gasteiger partial charge in [0.05, 0.1) is 4.47 Å². The maximum atomic E-state index is 5.80. The Hall–Kier alpha value is 0.160. The molecule has 17 heavy (non-hydrogen) atoms. The Morgan fingerprint density at radius 3 is 2.24 bits per heavy atom. The van der Waals surface area contributed by atoms with Crippen molar-refractivity contribution in [3.8, 4) is 11.5 Å². The zero-order valence-corrected chi connectivity index (χ0v) is 14.7. The number of rotatable bonds is 2. The van der Waals surface area contributed by atoms with Gasteiger partial charge in [-0.15, -0.1) is 0 Å². The van der Waals surface area contributed by atoms with Crippen molar-refractivity contribution >= 4 is 63.7 Å². The van der Waals surface area contributed by atoms with Gasteiger partial charge in [0.1, 0.15) is 11.5 Å². The molecule has 0 radical (unpaired) electrons. The summed E-state index contributed by atoms with van der Waals surface area (Å²) < 4.78 is 9.62. The summed E-state index contributed by atoms with van der Waals surface area (Å²) in [6.07, 6.45) is 0. The van der Waals surface area contributed by atoms with Crippen LogP contribution >= 0.6 is 63.7 Å². The lowest BCUT2D eigenvalue weighted by molar-refractivity contribution is 0.479. The summed E-state index contributed by atoms with van der Waals surface area (Å²) in [7, 11) is 0. The monoisotopic (exact) mass is 482 g/mol. The summed E-state index contributed by atoms with van der Waals surface area (Å²) in [6, 6.07) is 11.5. The van der Waals surface area contributed by atoms with Gasteiger partial charge in [0, 0.05) is 13.4 Å². The average molecular weight is 486 g/mol. The second-order valence-electron chi connectivity index (χ2n) is 3.23. The predicted octanol–water partition coefficient (Wildman–Crippen LogP) is 6.53. The minimum Gasteiger partial charge on any atom is -0.456 e. The van der Waals surface area contributed by atoms with E-state index < -0.39 is 0 Å². The molecule has 0 heterocycles. The molecule has 0 aliphatic carbocycles. The number of hydrogen-bond acceptors (Lipinski definition) is 1. The molecule has 0 fully saturated rings. The lowest BCUT2D eigenvalue weighted by atomic mass is 10.3. The van der Waals surface area contributed by atoms with Crippen LogP contribution in [-0.2, 0) is 0 Å². The first-order valence-corrected chi connectivity index (χ1v) is 7.82. The predicted molar refractivity (Wildman–Crippen MR) is 83.8 cm³/mol. The van der Waals surface area contributed by atoms with Gasteiger partial charge in [-0.25, -0.2) is 0 Å². The molecular weight excluding hydrogens is 480 g/mol. The van der Waals surface area contributed by atoms with Crippen molar-refractivity contribution in [1.29, 1.82) is 0 Å². The molecule has 2 aromatic carbocycles. The first-order valence-electron chi connectivity index (χ1n) is 4.65. The Morgan fingerprint density at radius 1 is 0.765 bits per heavy atom. The van der Waals surface area contributed by atoms with Crippen LogP contribution < -0.4 is 4.74 Å². The maximum Gasteiger partial charge on any atom is 0.142 e. The van der Waals surface area contributed by atoms with Crippen molar-refractivity contribution in [3.63, 3.8) is 0 Å². The van der Waals surface area contributed by atoms with Crippen LogP contribution in [0.5, 0.6) is 11.5 Å². The van der Waals surface area contributed by atoms with E-state index in [4.69, 9.17) is 4.74 Å². The number of halogens is 4. The molecule has 0 spiro atoms. The molecule has 0 N–H and O–H groups in total. The van der Waals surface area contributed by atoms with E-state index in [0.717, 1.165) is 29.4 Å². The van der Waals surface area contributed by atoms with E-state index in [2.05, 4.69) is 63.7 Å². The standard InChI is InChI=1S/C12H6Br4O/c13-8-5-4-7(6-10(8)15)17-11-3-1-2-9(14)12(11)16/h1-6H. The summed E-state index contributed by atoms with van der Waals surface area (Å²) in [5.41, 5.74) is 0. The highest BCUT2D eigenvalue weighted by Crippen LogP contribution is 2.36. The van der Waals surface area contributed by atoms with Gasteiger partial charge in [-0.1, -0.05) is 6.07 Å². The van der Waals surface area contributed by atoms with E-state index in [1.54, 1.807) is 0 Å². The first kappa shape index (κ1) is 13.6. The third-order valence-electron chi connectivity index (χ3n) is 2.04. The molecule has 0 aliphatic rings. The topological polar surface area (TPSA) is 9.23 Å². The molecule has 1 nitrogen and oxygen atoms in total. The molecule has 0 aliphatic heterocycles. The Morgan fingerprint density at radius 2 is 1.53 bits per heavy atom. The quantitative estimate of drug-likeness (QED) is 0.470. The van der Waals surface area contributed by atoms with Gasteiger partial charge < -0.3 is 4.74 Å². The van der Waals surface area contributed by atoms with Crippen molar-refractivity contribution < 1.29 is 4.74 Å². The van der Waals surface area contributed by atoms with Crippen LogP contribution in [0.15, 0.2) is 54.3 Å². The van der Waals surface area contributed by atoms with Crippen molar-refractivity contribution in [1.82, 2.24) is 0 Å². The van der Waals surface area contributed by atoms with Gasteiger partial charge in [0.2, 0.25) is 0 Å². The van der Waals surface area contributed by atoms with E-state index in [9.17, 15) is 0 Å². The smallest absolute Gasteiger partial charge is 0.142 e. The third-order valence-corrected chi connectivity index (χ3v) is 5.93. The zero-order valence-electron chi connectivity index (χ0n) is 8.38. The highest BCUT2D eigenvalue weighted by Gasteiger charge is 2.06. The van der Waals surface area contributed by atoms with Gasteiger partial charge in [0.25, 0.3) is 0 Å². The van der Waals surface area contributed by atoms with Crippen molar-refractivity contribution in [3.05, 3.63) is 54.3 Å². The van der Waals surface area contributed by atoms with Crippen molar-refractivity contribution in [2.75, 3.05) is 0 Å². The molecule has 2 aromatic rings. The molecule has 2 rings (SSSR count). The first-order chi connectivity index (χ1) is 8.08. The second kappa shape index (κ2) is 5.87. The Balaban J connectivity index is 2.31. The molecule has 0 unspecified atom stereocenters. The zero-order chi connectivity index (χ0) is 12.4. The van der Waals surface area contributed by atoms with E-state index in [0.29, 0.717) is 0 Å². The Kier molecular flexibility index (Phi) is 4.69. The van der Waals surface area contributed by atoms with Gasteiger partial charge in [-0.05, 0) is 94.1 Å². The molecule has 88 valence electrons. The summed E-state index contributed by atoms with van der Waals surface area (Å²) in [5.74, 6) is 1.55. The van der Waals surface area contributed by atoms with Crippen LogP contribution in [0.2, 0.25) is 0 Å². The summed E-state index contributed by atoms with van der Waals surface area (Å²) >= 11 is 13.8. The summed E-state index contributed by atoms with van der Waals surface area (Å²) in [4.78, 5) is 0. The lowest BCUT2D eigenvalue weighted by Gasteiger charge is -2.09. The van der Waals surface area contributed by atoms with E-state index >= 15 is 0 Å².